The Bertz CT molecular complexity index is 671. The number of hydrogen-bond donors (Lipinski definition) is 0. The van der Waals surface area contributed by atoms with E-state index >= 15 is 0 Å². The summed E-state index contributed by atoms with van der Waals surface area (Å²) >= 11 is 4.54. The Morgan fingerprint density at radius 3 is 2.41 bits per heavy atom. The van der Waals surface area contributed by atoms with E-state index in [1.807, 2.05) is 12.1 Å². The molecule has 2 rings (SSSR count). The van der Waals surface area contributed by atoms with Gasteiger partial charge in [0.2, 0.25) is 0 Å². The second-order valence-corrected chi connectivity index (χ2v) is 5.07. The van der Waals surface area contributed by atoms with E-state index in [-0.39, 0.29) is 5.97 Å². The fraction of sp³-hybridized carbons (Fsp3) is 0.222. The van der Waals surface area contributed by atoms with Crippen molar-refractivity contribution < 1.29 is 9.53 Å². The maximum absolute atomic E-state index is 12.1. The second-order valence-electron chi connectivity index (χ2n) is 4.89. The van der Waals surface area contributed by atoms with E-state index in [1.54, 1.807) is 36.4 Å². The Kier molecular flexibility index (Phi) is 6.01. The summed E-state index contributed by atoms with van der Waals surface area (Å²) < 4.78 is 5.33. The lowest BCUT2D eigenvalue weighted by Gasteiger charge is -2.05. The van der Waals surface area contributed by atoms with Gasteiger partial charge in [0.25, 0.3) is 0 Å². The second kappa shape index (κ2) is 8.23. The minimum atomic E-state index is -0.367. The number of thiocarbonyl (C=S) groups is 1. The first kappa shape index (κ1) is 16.1. The van der Waals surface area contributed by atoms with Gasteiger partial charge in [0.05, 0.1) is 16.4 Å². The van der Waals surface area contributed by atoms with Gasteiger partial charge in [-0.2, -0.15) is 4.99 Å². The Morgan fingerprint density at radius 1 is 1.14 bits per heavy atom. The van der Waals surface area contributed by atoms with Gasteiger partial charge in [-0.3, -0.25) is 0 Å². The molecule has 0 radical (unpaired) electrons. The highest BCUT2D eigenvalue weighted by molar-refractivity contribution is 7.78. The lowest BCUT2D eigenvalue weighted by atomic mass is 10.1. The van der Waals surface area contributed by atoms with Crippen LogP contribution in [0.5, 0.6) is 5.75 Å². The first-order valence-corrected chi connectivity index (χ1v) is 7.63. The molecule has 0 aliphatic heterocycles. The number of benzene rings is 2. The van der Waals surface area contributed by atoms with Crippen LogP contribution >= 0.6 is 12.2 Å². The highest BCUT2D eigenvalue weighted by atomic mass is 32.1. The molecule has 0 N–H and O–H groups in total. The van der Waals surface area contributed by atoms with Crippen molar-refractivity contribution in [3.05, 3.63) is 59.7 Å². The van der Waals surface area contributed by atoms with Gasteiger partial charge in [-0.15, -0.1) is 0 Å². The van der Waals surface area contributed by atoms with Crippen LogP contribution in [0.1, 0.15) is 35.7 Å². The molecular formula is C18H17NO2S. The number of carbonyl (C=O) groups is 1. The fourth-order valence-electron chi connectivity index (χ4n) is 2.00. The number of aryl methyl sites for hydroxylation is 1. The van der Waals surface area contributed by atoms with Gasteiger partial charge in [-0.25, -0.2) is 4.79 Å². The molecule has 0 spiro atoms. The number of aliphatic imine (C=N–C) groups is 1. The van der Waals surface area contributed by atoms with Crippen molar-refractivity contribution in [2.24, 2.45) is 4.99 Å². The molecule has 0 bridgehead atoms. The summed E-state index contributed by atoms with van der Waals surface area (Å²) in [6.45, 7) is 2.16. The number of carbonyl (C=O) groups excluding carboxylic acids is 1. The zero-order valence-corrected chi connectivity index (χ0v) is 13.2. The van der Waals surface area contributed by atoms with Crippen molar-refractivity contribution in [2.45, 2.75) is 26.2 Å². The van der Waals surface area contributed by atoms with Gasteiger partial charge in [0, 0.05) is 0 Å². The summed E-state index contributed by atoms with van der Waals surface area (Å²) in [4.78, 5) is 15.9. The molecule has 3 nitrogen and oxygen atoms in total. The molecule has 112 valence electrons. The zero-order valence-electron chi connectivity index (χ0n) is 12.4. The van der Waals surface area contributed by atoms with Crippen LogP contribution in [-0.4, -0.2) is 11.1 Å². The molecule has 0 aromatic heterocycles. The number of rotatable bonds is 6. The SMILES string of the molecule is CCCCc1ccc(C(=O)Oc2ccc(N=C=S)cc2)cc1. The maximum atomic E-state index is 12.1. The molecule has 0 saturated heterocycles. The molecule has 0 aliphatic carbocycles. The number of nitrogens with zero attached hydrogens (tertiary/aromatic N) is 1. The summed E-state index contributed by atoms with van der Waals surface area (Å²) in [5.74, 6) is 0.108. The molecule has 2 aromatic rings. The average Bonchev–Trinajstić information content (AvgIpc) is 2.55. The van der Waals surface area contributed by atoms with Gasteiger partial charge in [-0.1, -0.05) is 25.5 Å². The lowest BCUT2D eigenvalue weighted by molar-refractivity contribution is 0.0735. The van der Waals surface area contributed by atoms with Gasteiger partial charge < -0.3 is 4.74 Å². The Labute approximate surface area is 135 Å². The molecule has 0 unspecified atom stereocenters. The van der Waals surface area contributed by atoms with E-state index < -0.39 is 0 Å². The molecule has 4 heteroatoms. The zero-order chi connectivity index (χ0) is 15.8. The predicted molar refractivity (Wildman–Crippen MR) is 91.1 cm³/mol. The Balaban J connectivity index is 2.00. The summed E-state index contributed by atoms with van der Waals surface area (Å²) in [6.07, 6.45) is 3.35. The van der Waals surface area contributed by atoms with E-state index in [0.29, 0.717) is 17.0 Å². The van der Waals surface area contributed by atoms with Crippen LogP contribution in [0.3, 0.4) is 0 Å². The van der Waals surface area contributed by atoms with Crippen LogP contribution in [0.2, 0.25) is 0 Å². The minimum absolute atomic E-state index is 0.367. The monoisotopic (exact) mass is 311 g/mol. The first-order chi connectivity index (χ1) is 10.7. The fourth-order valence-corrected chi connectivity index (χ4v) is 2.10. The van der Waals surface area contributed by atoms with Crippen LogP contribution in [0, 0.1) is 0 Å². The van der Waals surface area contributed by atoms with E-state index in [9.17, 15) is 4.79 Å². The maximum Gasteiger partial charge on any atom is 0.343 e. The highest BCUT2D eigenvalue weighted by Gasteiger charge is 2.08. The molecule has 0 amide bonds. The quantitative estimate of drug-likeness (QED) is 0.327. The summed E-state index contributed by atoms with van der Waals surface area (Å²) in [5, 5.41) is 2.29. The van der Waals surface area contributed by atoms with Gasteiger partial charge >= 0.3 is 5.97 Å². The van der Waals surface area contributed by atoms with Crippen molar-refractivity contribution in [1.82, 2.24) is 0 Å². The Morgan fingerprint density at radius 2 is 1.82 bits per heavy atom. The van der Waals surface area contributed by atoms with Crippen molar-refractivity contribution in [3.63, 3.8) is 0 Å². The molecule has 0 atom stereocenters. The third-order valence-corrected chi connectivity index (χ3v) is 3.32. The summed E-state index contributed by atoms with van der Waals surface area (Å²) in [5.41, 5.74) is 2.46. The summed E-state index contributed by atoms with van der Waals surface area (Å²) in [6, 6.07) is 14.4. The number of isothiocyanates is 1. The van der Waals surface area contributed by atoms with E-state index in [4.69, 9.17) is 4.74 Å². The molecule has 2 aromatic carbocycles. The number of unbranched alkanes of at least 4 members (excludes halogenated alkanes) is 1. The molecule has 0 saturated carbocycles. The van der Waals surface area contributed by atoms with Crippen LogP contribution in [0.4, 0.5) is 5.69 Å². The van der Waals surface area contributed by atoms with E-state index in [2.05, 4.69) is 29.3 Å². The van der Waals surface area contributed by atoms with E-state index in [0.717, 1.165) is 19.3 Å². The normalized spacial score (nSPS) is 9.86. The van der Waals surface area contributed by atoms with Gasteiger partial charge in [0.15, 0.2) is 0 Å². The highest BCUT2D eigenvalue weighted by Crippen LogP contribution is 2.19. The molecule has 0 fully saturated rings. The van der Waals surface area contributed by atoms with Crippen molar-refractivity contribution in [2.75, 3.05) is 0 Å². The van der Waals surface area contributed by atoms with Crippen LogP contribution in [0.25, 0.3) is 0 Å². The first-order valence-electron chi connectivity index (χ1n) is 7.22. The average molecular weight is 311 g/mol. The summed E-state index contributed by atoms with van der Waals surface area (Å²) in [7, 11) is 0. The molecule has 0 heterocycles. The molecule has 0 aliphatic rings. The van der Waals surface area contributed by atoms with Crippen molar-refractivity contribution in [3.8, 4) is 5.75 Å². The molecular weight excluding hydrogens is 294 g/mol. The topological polar surface area (TPSA) is 38.7 Å². The third-order valence-electron chi connectivity index (χ3n) is 3.23. The van der Waals surface area contributed by atoms with E-state index in [1.165, 1.54) is 5.56 Å². The number of ether oxygens (including phenoxy) is 1. The van der Waals surface area contributed by atoms with Gasteiger partial charge in [-0.05, 0) is 67.0 Å². The smallest absolute Gasteiger partial charge is 0.343 e. The minimum Gasteiger partial charge on any atom is -0.423 e. The predicted octanol–water partition coefficient (Wildman–Crippen LogP) is 4.98. The largest absolute Gasteiger partial charge is 0.423 e. The molecule has 22 heavy (non-hydrogen) atoms. The van der Waals surface area contributed by atoms with Crippen molar-refractivity contribution >= 4 is 29.0 Å². The van der Waals surface area contributed by atoms with Crippen LogP contribution < -0.4 is 4.74 Å². The van der Waals surface area contributed by atoms with Crippen LogP contribution in [-0.2, 0) is 6.42 Å². The van der Waals surface area contributed by atoms with Crippen LogP contribution in [0.15, 0.2) is 53.5 Å². The lowest BCUT2D eigenvalue weighted by Crippen LogP contribution is -2.08. The third kappa shape index (κ3) is 4.62. The van der Waals surface area contributed by atoms with Crippen molar-refractivity contribution in [1.29, 1.82) is 0 Å². The standard InChI is InChI=1S/C18H17NO2S/c1-2-3-4-14-5-7-15(8-6-14)18(20)21-17-11-9-16(10-12-17)19-13-22/h5-12H,2-4H2,1H3. The Hall–Kier alpha value is -2.29. The number of hydrogen-bond acceptors (Lipinski definition) is 4. The number of esters is 1. The van der Waals surface area contributed by atoms with Gasteiger partial charge in [0.1, 0.15) is 5.75 Å².